The van der Waals surface area contributed by atoms with Gasteiger partial charge in [0.25, 0.3) is 0 Å². The third-order valence-electron chi connectivity index (χ3n) is 4.03. The van der Waals surface area contributed by atoms with Crippen LogP contribution >= 0.6 is 0 Å². The molecule has 0 heterocycles. The van der Waals surface area contributed by atoms with Crippen LogP contribution < -0.4 is 10.5 Å². The molecular weight excluding hydrogens is 248 g/mol. The number of nitrogens with zero attached hydrogens (tertiary/aromatic N) is 1. The van der Waals surface area contributed by atoms with E-state index in [1.807, 2.05) is 19.2 Å². The van der Waals surface area contributed by atoms with Crippen LogP contribution in [0.15, 0.2) is 29.3 Å². The Balaban J connectivity index is 1.94. The van der Waals surface area contributed by atoms with E-state index in [2.05, 4.69) is 17.1 Å². The molecule has 0 radical (unpaired) electrons. The Kier molecular flexibility index (Phi) is 6.06. The minimum atomic E-state index is 0.625. The first-order chi connectivity index (χ1) is 9.83. The molecule has 0 unspecified atom stereocenters. The van der Waals surface area contributed by atoms with Crippen LogP contribution in [0.2, 0.25) is 0 Å². The lowest BCUT2D eigenvalue weighted by molar-refractivity contribution is 0.209. The van der Waals surface area contributed by atoms with Crippen LogP contribution in [0.5, 0.6) is 5.75 Å². The average molecular weight is 274 g/mol. The first kappa shape index (κ1) is 15.0. The highest BCUT2D eigenvalue weighted by molar-refractivity contribution is 6.00. The maximum absolute atomic E-state index is 5.97. The molecule has 1 aromatic rings. The fourth-order valence-corrected chi connectivity index (χ4v) is 2.86. The number of rotatable bonds is 6. The van der Waals surface area contributed by atoms with E-state index in [0.29, 0.717) is 6.54 Å². The van der Waals surface area contributed by atoms with Gasteiger partial charge in [-0.3, -0.25) is 4.99 Å². The van der Waals surface area contributed by atoms with E-state index in [-0.39, 0.29) is 0 Å². The first-order valence-electron chi connectivity index (χ1n) is 7.72. The van der Waals surface area contributed by atoms with Crippen LogP contribution in [-0.2, 0) is 0 Å². The molecule has 0 atom stereocenters. The molecule has 3 heteroatoms. The molecule has 0 aromatic heterocycles. The van der Waals surface area contributed by atoms with E-state index in [9.17, 15) is 0 Å². The summed E-state index contributed by atoms with van der Waals surface area (Å²) in [6.07, 6.45) is 7.54. The molecule has 0 amide bonds. The number of ether oxygens (including phenoxy) is 1. The number of hydrogen-bond acceptors (Lipinski definition) is 3. The summed E-state index contributed by atoms with van der Waals surface area (Å²) in [5, 5.41) is 0. The predicted molar refractivity (Wildman–Crippen MR) is 84.6 cm³/mol. The largest absolute Gasteiger partial charge is 0.493 e. The summed E-state index contributed by atoms with van der Waals surface area (Å²) in [7, 11) is 1.82. The zero-order valence-electron chi connectivity index (χ0n) is 12.5. The van der Waals surface area contributed by atoms with Gasteiger partial charge in [-0.15, -0.1) is 0 Å². The van der Waals surface area contributed by atoms with Crippen molar-refractivity contribution in [2.45, 2.75) is 38.5 Å². The Morgan fingerprint density at radius 3 is 2.80 bits per heavy atom. The number of hydrogen-bond donors (Lipinski definition) is 1. The molecule has 0 spiro atoms. The maximum Gasteiger partial charge on any atom is 0.119 e. The minimum Gasteiger partial charge on any atom is -0.493 e. The summed E-state index contributed by atoms with van der Waals surface area (Å²) in [5.41, 5.74) is 7.80. The number of nitrogens with two attached hydrogens (primary N) is 1. The lowest BCUT2D eigenvalue weighted by atomic mass is 9.90. The van der Waals surface area contributed by atoms with E-state index in [4.69, 9.17) is 10.5 Å². The Morgan fingerprint density at radius 1 is 1.30 bits per heavy atom. The highest BCUT2D eigenvalue weighted by Gasteiger charge is 2.14. The Labute approximate surface area is 122 Å². The zero-order chi connectivity index (χ0) is 14.2. The molecule has 1 aliphatic rings. The normalized spacial score (nSPS) is 17.2. The van der Waals surface area contributed by atoms with Crippen molar-refractivity contribution in [3.05, 3.63) is 29.8 Å². The molecule has 3 nitrogen and oxygen atoms in total. The molecule has 2 rings (SSSR count). The fraction of sp³-hybridized carbons (Fsp3) is 0.588. The van der Waals surface area contributed by atoms with E-state index < -0.39 is 0 Å². The molecular formula is C17H26N2O. The smallest absolute Gasteiger partial charge is 0.119 e. The number of aliphatic imine (C=N–C) groups is 1. The van der Waals surface area contributed by atoms with Gasteiger partial charge in [0.15, 0.2) is 0 Å². The highest BCUT2D eigenvalue weighted by atomic mass is 16.5. The van der Waals surface area contributed by atoms with Gasteiger partial charge in [-0.25, -0.2) is 0 Å². The molecule has 0 saturated heterocycles. The van der Waals surface area contributed by atoms with Crippen molar-refractivity contribution in [3.63, 3.8) is 0 Å². The van der Waals surface area contributed by atoms with Gasteiger partial charge < -0.3 is 10.5 Å². The van der Waals surface area contributed by atoms with Gasteiger partial charge in [-0.2, -0.15) is 0 Å². The third kappa shape index (κ3) is 4.34. The van der Waals surface area contributed by atoms with E-state index >= 15 is 0 Å². The van der Waals surface area contributed by atoms with Crippen molar-refractivity contribution < 1.29 is 4.74 Å². The van der Waals surface area contributed by atoms with Crippen LogP contribution in [-0.4, -0.2) is 25.9 Å². The van der Waals surface area contributed by atoms with Gasteiger partial charge in [0.1, 0.15) is 5.75 Å². The quantitative estimate of drug-likeness (QED) is 0.808. The third-order valence-corrected chi connectivity index (χ3v) is 4.03. The van der Waals surface area contributed by atoms with Crippen molar-refractivity contribution in [1.29, 1.82) is 0 Å². The van der Waals surface area contributed by atoms with Gasteiger partial charge in [0.2, 0.25) is 0 Å². The molecule has 1 aromatic carbocycles. The van der Waals surface area contributed by atoms with E-state index in [1.165, 1.54) is 32.1 Å². The summed E-state index contributed by atoms with van der Waals surface area (Å²) in [6.45, 7) is 1.47. The van der Waals surface area contributed by atoms with Crippen molar-refractivity contribution in [2.75, 3.05) is 20.2 Å². The average Bonchev–Trinajstić information content (AvgIpc) is 2.52. The molecule has 1 fully saturated rings. The Bertz CT molecular complexity index is 436. The summed E-state index contributed by atoms with van der Waals surface area (Å²) < 4.78 is 5.97. The van der Waals surface area contributed by atoms with Crippen molar-refractivity contribution in [3.8, 4) is 5.75 Å². The molecule has 0 aliphatic heterocycles. The van der Waals surface area contributed by atoms with Crippen LogP contribution in [0, 0.1) is 5.92 Å². The van der Waals surface area contributed by atoms with Crippen molar-refractivity contribution in [1.82, 2.24) is 0 Å². The lowest BCUT2D eigenvalue weighted by Gasteiger charge is -2.21. The standard InChI is InChI=1S/C17H26N2O/c1-19-17(10-11-18)15-8-5-9-16(12-15)20-13-14-6-3-2-4-7-14/h5,8-9,12,14H,2-4,6-7,10-11,13,18H2,1H3/b19-17+. The maximum atomic E-state index is 5.97. The van der Waals surface area contributed by atoms with Crippen LogP contribution in [0.25, 0.3) is 0 Å². The predicted octanol–water partition coefficient (Wildman–Crippen LogP) is 3.41. The summed E-state index contributed by atoms with van der Waals surface area (Å²) in [4.78, 5) is 4.32. The van der Waals surface area contributed by atoms with Crippen LogP contribution in [0.1, 0.15) is 44.1 Å². The van der Waals surface area contributed by atoms with Gasteiger partial charge in [-0.05, 0) is 43.0 Å². The molecule has 110 valence electrons. The fourth-order valence-electron chi connectivity index (χ4n) is 2.86. The van der Waals surface area contributed by atoms with Gasteiger partial charge in [0.05, 0.1) is 6.61 Å². The van der Waals surface area contributed by atoms with Gasteiger partial charge in [-0.1, -0.05) is 31.4 Å². The van der Waals surface area contributed by atoms with Crippen molar-refractivity contribution >= 4 is 5.71 Å². The molecule has 2 N–H and O–H groups in total. The highest BCUT2D eigenvalue weighted by Crippen LogP contribution is 2.25. The van der Waals surface area contributed by atoms with Crippen molar-refractivity contribution in [2.24, 2.45) is 16.6 Å². The van der Waals surface area contributed by atoms with Crippen LogP contribution in [0.4, 0.5) is 0 Å². The summed E-state index contributed by atoms with van der Waals surface area (Å²) in [5.74, 6) is 1.68. The second kappa shape index (κ2) is 8.05. The molecule has 20 heavy (non-hydrogen) atoms. The minimum absolute atomic E-state index is 0.625. The molecule has 1 aliphatic carbocycles. The molecule has 1 saturated carbocycles. The second-order valence-corrected chi connectivity index (χ2v) is 5.55. The van der Waals surface area contributed by atoms with E-state index in [0.717, 1.165) is 36.0 Å². The zero-order valence-corrected chi connectivity index (χ0v) is 12.5. The topological polar surface area (TPSA) is 47.6 Å². The van der Waals surface area contributed by atoms with E-state index in [1.54, 1.807) is 0 Å². The van der Waals surface area contributed by atoms with Gasteiger partial charge in [0, 0.05) is 19.2 Å². The lowest BCUT2D eigenvalue weighted by Crippen LogP contribution is -2.15. The van der Waals surface area contributed by atoms with Gasteiger partial charge >= 0.3 is 0 Å². The first-order valence-corrected chi connectivity index (χ1v) is 7.72. The SMILES string of the molecule is C/N=C(\CCN)c1cccc(OCC2CCCCC2)c1. The summed E-state index contributed by atoms with van der Waals surface area (Å²) >= 11 is 0. The molecule has 0 bridgehead atoms. The Hall–Kier alpha value is -1.35. The monoisotopic (exact) mass is 274 g/mol. The number of benzene rings is 1. The summed E-state index contributed by atoms with van der Waals surface area (Å²) in [6, 6.07) is 8.22. The van der Waals surface area contributed by atoms with Crippen LogP contribution in [0.3, 0.4) is 0 Å². The second-order valence-electron chi connectivity index (χ2n) is 5.55. The Morgan fingerprint density at radius 2 is 2.10 bits per heavy atom.